The summed E-state index contributed by atoms with van der Waals surface area (Å²) in [6, 6.07) is 7.32. The molecule has 206 valence electrons. The van der Waals surface area contributed by atoms with Crippen LogP contribution >= 0.6 is 0 Å². The molecule has 2 aliphatic heterocycles. The van der Waals surface area contributed by atoms with Crippen LogP contribution in [0, 0.1) is 6.92 Å². The number of piperidine rings is 1. The van der Waals surface area contributed by atoms with E-state index in [2.05, 4.69) is 28.9 Å². The van der Waals surface area contributed by atoms with Gasteiger partial charge in [-0.15, -0.1) is 0 Å². The third-order valence-corrected chi connectivity index (χ3v) is 7.36. The van der Waals surface area contributed by atoms with Gasteiger partial charge in [0, 0.05) is 41.0 Å². The average Bonchev–Trinajstić information content (AvgIpc) is 3.23. The first-order valence-electron chi connectivity index (χ1n) is 13.9. The highest BCUT2D eigenvalue weighted by atomic mass is 16.5. The minimum Gasteiger partial charge on any atom is -0.492 e. The van der Waals surface area contributed by atoms with Crippen LogP contribution in [0.15, 0.2) is 30.0 Å². The second-order valence-corrected chi connectivity index (χ2v) is 11.3. The maximum atomic E-state index is 14.0. The van der Waals surface area contributed by atoms with Crippen LogP contribution in [0.4, 0.5) is 0 Å². The summed E-state index contributed by atoms with van der Waals surface area (Å²) in [5.41, 5.74) is 3.42. The molecule has 0 atom stereocenters. The molecule has 0 bridgehead atoms. The molecule has 0 saturated carbocycles. The summed E-state index contributed by atoms with van der Waals surface area (Å²) in [6.07, 6.45) is 4.04. The molecule has 0 unspecified atom stereocenters. The van der Waals surface area contributed by atoms with Crippen molar-refractivity contribution in [2.24, 2.45) is 0 Å². The fourth-order valence-corrected chi connectivity index (χ4v) is 5.45. The molecule has 0 aliphatic carbocycles. The van der Waals surface area contributed by atoms with E-state index in [0.29, 0.717) is 36.4 Å². The number of benzene rings is 1. The molecule has 38 heavy (non-hydrogen) atoms. The van der Waals surface area contributed by atoms with E-state index in [1.165, 1.54) is 19.3 Å². The van der Waals surface area contributed by atoms with Crippen molar-refractivity contribution >= 4 is 17.4 Å². The number of allylic oxidation sites excluding steroid dienone is 1. The molecular weight excluding hydrogens is 480 g/mol. The quantitative estimate of drug-likeness (QED) is 0.486. The van der Waals surface area contributed by atoms with Gasteiger partial charge < -0.3 is 14.4 Å². The fraction of sp³-hybridized carbons (Fsp3) is 0.567. The van der Waals surface area contributed by atoms with Gasteiger partial charge in [0.25, 0.3) is 5.91 Å². The molecule has 1 N–H and O–H groups in total. The van der Waals surface area contributed by atoms with E-state index < -0.39 is 11.4 Å². The zero-order chi connectivity index (χ0) is 27.4. The summed E-state index contributed by atoms with van der Waals surface area (Å²) in [4.78, 5) is 31.6. The molecule has 8 nitrogen and oxygen atoms in total. The SMILES string of the molecule is CCC1=C(C(=O)OC(C)C)c2c(n[nH]c2C)C(C)(C)CN1C(=O)c1ccc(OCCN2CCCCC2)cc1. The number of likely N-dealkylation sites (tertiary alicyclic amines) is 1. The Hall–Kier alpha value is -3.13. The number of nitrogens with one attached hydrogen (secondary N) is 1. The van der Waals surface area contributed by atoms with Crippen LogP contribution in [0.1, 0.15) is 87.6 Å². The van der Waals surface area contributed by atoms with Gasteiger partial charge in [0.15, 0.2) is 0 Å². The number of aryl methyl sites for hydroxylation is 1. The molecule has 3 heterocycles. The van der Waals surface area contributed by atoms with Crippen molar-refractivity contribution in [1.29, 1.82) is 0 Å². The van der Waals surface area contributed by atoms with E-state index in [0.717, 1.165) is 42.3 Å². The largest absolute Gasteiger partial charge is 0.492 e. The molecule has 1 aromatic carbocycles. The highest BCUT2D eigenvalue weighted by molar-refractivity contribution is 6.19. The summed E-state index contributed by atoms with van der Waals surface area (Å²) in [6.45, 7) is 15.8. The lowest BCUT2D eigenvalue weighted by Crippen LogP contribution is -2.39. The van der Waals surface area contributed by atoms with Crippen LogP contribution in [0.2, 0.25) is 0 Å². The lowest BCUT2D eigenvalue weighted by atomic mass is 9.85. The highest BCUT2D eigenvalue weighted by Gasteiger charge is 2.41. The van der Waals surface area contributed by atoms with E-state index in [-0.39, 0.29) is 12.0 Å². The van der Waals surface area contributed by atoms with Crippen molar-refractivity contribution in [2.45, 2.75) is 78.7 Å². The summed E-state index contributed by atoms with van der Waals surface area (Å²) >= 11 is 0. The molecule has 1 aromatic heterocycles. The number of aromatic nitrogens is 2. The van der Waals surface area contributed by atoms with Crippen molar-refractivity contribution in [3.8, 4) is 5.75 Å². The van der Waals surface area contributed by atoms with E-state index >= 15 is 0 Å². The Morgan fingerprint density at radius 2 is 1.79 bits per heavy atom. The highest BCUT2D eigenvalue weighted by Crippen LogP contribution is 2.40. The number of hydrogen-bond acceptors (Lipinski definition) is 6. The van der Waals surface area contributed by atoms with Gasteiger partial charge in [0.1, 0.15) is 12.4 Å². The Balaban J connectivity index is 1.60. The Kier molecular flexibility index (Phi) is 8.61. The van der Waals surface area contributed by atoms with Crippen LogP contribution in [0.3, 0.4) is 0 Å². The van der Waals surface area contributed by atoms with Crippen LogP contribution in [0.5, 0.6) is 5.75 Å². The number of esters is 1. The number of carbonyl (C=O) groups excluding carboxylic acids is 2. The third-order valence-electron chi connectivity index (χ3n) is 7.36. The van der Waals surface area contributed by atoms with Crippen LogP contribution in [-0.2, 0) is 14.9 Å². The Morgan fingerprint density at radius 3 is 2.42 bits per heavy atom. The number of nitrogens with zero attached hydrogens (tertiary/aromatic N) is 3. The van der Waals surface area contributed by atoms with Crippen LogP contribution in [0.25, 0.3) is 5.57 Å². The first-order chi connectivity index (χ1) is 18.1. The van der Waals surface area contributed by atoms with Crippen molar-refractivity contribution in [3.05, 3.63) is 52.5 Å². The predicted molar refractivity (Wildman–Crippen MR) is 148 cm³/mol. The van der Waals surface area contributed by atoms with Gasteiger partial charge in [0.2, 0.25) is 0 Å². The molecule has 2 aromatic rings. The molecule has 1 saturated heterocycles. The number of carbonyl (C=O) groups is 2. The van der Waals surface area contributed by atoms with Crippen LogP contribution in [-0.4, -0.2) is 70.8 Å². The first-order valence-corrected chi connectivity index (χ1v) is 13.9. The maximum absolute atomic E-state index is 14.0. The molecule has 0 spiro atoms. The van der Waals surface area contributed by atoms with Gasteiger partial charge in [0.05, 0.1) is 17.4 Å². The predicted octanol–water partition coefficient (Wildman–Crippen LogP) is 5.09. The number of aromatic amines is 1. The van der Waals surface area contributed by atoms with Crippen molar-refractivity contribution in [3.63, 3.8) is 0 Å². The third kappa shape index (κ3) is 5.96. The molecule has 0 radical (unpaired) electrons. The Bertz CT molecular complexity index is 1170. The minimum atomic E-state index is -0.493. The van der Waals surface area contributed by atoms with E-state index in [4.69, 9.17) is 9.47 Å². The number of fused-ring (bicyclic) bond motifs is 1. The number of rotatable bonds is 8. The normalized spacial score (nSPS) is 17.8. The number of H-pyrrole nitrogens is 1. The zero-order valence-electron chi connectivity index (χ0n) is 23.7. The topological polar surface area (TPSA) is 87.8 Å². The molecule has 1 fully saturated rings. The van der Waals surface area contributed by atoms with E-state index in [1.54, 1.807) is 17.0 Å². The Morgan fingerprint density at radius 1 is 1.11 bits per heavy atom. The van der Waals surface area contributed by atoms with Crippen molar-refractivity contribution in [1.82, 2.24) is 20.0 Å². The van der Waals surface area contributed by atoms with Gasteiger partial charge in [-0.25, -0.2) is 4.79 Å². The van der Waals surface area contributed by atoms with Gasteiger partial charge >= 0.3 is 5.97 Å². The van der Waals surface area contributed by atoms with Crippen molar-refractivity contribution < 1.29 is 19.1 Å². The molecular formula is C30H42N4O4. The lowest BCUT2D eigenvalue weighted by molar-refractivity contribution is -0.140. The van der Waals surface area contributed by atoms with Gasteiger partial charge in [-0.2, -0.15) is 5.10 Å². The Labute approximate surface area is 226 Å². The molecule has 1 amide bonds. The van der Waals surface area contributed by atoms with E-state index in [9.17, 15) is 9.59 Å². The van der Waals surface area contributed by atoms with Crippen LogP contribution < -0.4 is 4.74 Å². The molecule has 2 aliphatic rings. The number of amides is 1. The van der Waals surface area contributed by atoms with E-state index in [1.807, 2.05) is 39.8 Å². The standard InChI is InChI=1S/C30H42N4O4/c1-7-24-26(29(36)38-20(2)3)25-21(4)31-32-27(25)30(5,6)19-34(24)28(35)22-11-13-23(14-12-22)37-18-17-33-15-9-8-10-16-33/h11-14,20H,7-10,15-19H2,1-6H3,(H,31,32). The number of hydrogen-bond donors (Lipinski definition) is 1. The van der Waals surface area contributed by atoms with Crippen molar-refractivity contribution in [2.75, 3.05) is 32.8 Å². The van der Waals surface area contributed by atoms with Gasteiger partial charge in [-0.3, -0.25) is 14.8 Å². The minimum absolute atomic E-state index is 0.156. The van der Waals surface area contributed by atoms with Gasteiger partial charge in [-0.1, -0.05) is 27.2 Å². The molecule has 8 heteroatoms. The zero-order valence-corrected chi connectivity index (χ0v) is 23.7. The summed E-state index contributed by atoms with van der Waals surface area (Å²) in [5.74, 6) is 0.157. The maximum Gasteiger partial charge on any atom is 0.340 e. The summed E-state index contributed by atoms with van der Waals surface area (Å²) < 4.78 is 11.6. The second kappa shape index (κ2) is 11.7. The summed E-state index contributed by atoms with van der Waals surface area (Å²) in [5, 5.41) is 7.62. The molecule has 4 rings (SSSR count). The fourth-order valence-electron chi connectivity index (χ4n) is 5.45. The van der Waals surface area contributed by atoms with Gasteiger partial charge in [-0.05, 0) is 77.4 Å². The summed E-state index contributed by atoms with van der Waals surface area (Å²) in [7, 11) is 0. The monoisotopic (exact) mass is 522 g/mol. The smallest absolute Gasteiger partial charge is 0.340 e. The lowest BCUT2D eigenvalue weighted by Gasteiger charge is -2.31. The second-order valence-electron chi connectivity index (χ2n) is 11.3. The first kappa shape index (κ1) is 27.9. The average molecular weight is 523 g/mol. The number of ether oxygens (including phenoxy) is 2.